The Morgan fingerprint density at radius 1 is 0.893 bits per heavy atom. The second-order valence-electron chi connectivity index (χ2n) is 15.3. The average Bonchev–Trinajstić information content (AvgIpc) is 3.70. The summed E-state index contributed by atoms with van der Waals surface area (Å²) in [6, 6.07) is 16.5. The lowest BCUT2D eigenvalue weighted by atomic mass is 9.81. The minimum atomic E-state index is -4.30. The van der Waals surface area contributed by atoms with Gasteiger partial charge in [-0.3, -0.25) is 9.76 Å². The van der Waals surface area contributed by atoms with E-state index in [9.17, 15) is 26.6 Å². The molecule has 0 amide bonds. The molecule has 0 saturated carbocycles. The Bertz CT molecular complexity index is 2120. The molecule has 1 aliphatic carbocycles. The van der Waals surface area contributed by atoms with Crippen LogP contribution in [-0.4, -0.2) is 73.7 Å². The summed E-state index contributed by atoms with van der Waals surface area (Å²) in [5, 5.41) is 13.7. The van der Waals surface area contributed by atoms with E-state index in [4.69, 9.17) is 0 Å². The van der Waals surface area contributed by atoms with E-state index in [1.54, 1.807) is 0 Å². The molecule has 0 atom stereocenters. The summed E-state index contributed by atoms with van der Waals surface area (Å²) in [6.45, 7) is 14.3. The summed E-state index contributed by atoms with van der Waals surface area (Å²) < 4.78 is 72.5. The molecule has 0 saturated heterocycles. The summed E-state index contributed by atoms with van der Waals surface area (Å²) in [7, 11) is -8.16. The molecule has 2 heterocycles. The summed E-state index contributed by atoms with van der Waals surface area (Å²) in [4.78, 5) is 2.33. The largest absolute Gasteiger partial charge is 0.748 e. The number of anilines is 1. The van der Waals surface area contributed by atoms with Crippen molar-refractivity contribution in [3.8, 4) is 0 Å². The first-order chi connectivity index (χ1) is 26.6. The van der Waals surface area contributed by atoms with Crippen LogP contribution in [0.3, 0.4) is 0 Å². The molecule has 0 bridgehead atoms. The molecule has 1 N–H and O–H groups in total. The van der Waals surface area contributed by atoms with Crippen LogP contribution < -0.4 is 14.9 Å². The van der Waals surface area contributed by atoms with Crippen LogP contribution >= 0.6 is 12.0 Å². The number of hydrogen-bond acceptors (Lipinski definition) is 10. The number of allylic oxidation sites excluding steroid dienone is 7. The van der Waals surface area contributed by atoms with Crippen molar-refractivity contribution < 1.29 is 40.6 Å². The van der Waals surface area contributed by atoms with Gasteiger partial charge in [-0.2, -0.15) is 21.6 Å². The van der Waals surface area contributed by atoms with Crippen molar-refractivity contribution in [3.63, 3.8) is 0 Å². The third-order valence-corrected chi connectivity index (χ3v) is 14.1. The Balaban J connectivity index is 1.54. The van der Waals surface area contributed by atoms with E-state index in [1.807, 2.05) is 38.1 Å². The van der Waals surface area contributed by atoms with Gasteiger partial charge in [0.15, 0.2) is 5.71 Å². The first-order valence-corrected chi connectivity index (χ1v) is 23.2. The maximum absolute atomic E-state index is 13.8. The van der Waals surface area contributed by atoms with E-state index >= 15 is 0 Å². The molecular weight excluding hydrogens is 773 g/mol. The number of fused-ring (bicyclic) bond motifs is 2. The molecule has 306 valence electrons. The number of rotatable bonds is 20. The molecular formula is C41H55N4O8S3-. The average molecular weight is 828 g/mol. The molecule has 0 unspecified atom stereocenters. The molecule has 12 nitrogen and oxygen atoms in total. The molecule has 56 heavy (non-hydrogen) atoms. The topological polar surface area (TPSA) is 154 Å². The van der Waals surface area contributed by atoms with Crippen molar-refractivity contribution in [2.24, 2.45) is 0 Å². The van der Waals surface area contributed by atoms with Crippen molar-refractivity contribution in [2.75, 3.05) is 42.6 Å². The van der Waals surface area contributed by atoms with Gasteiger partial charge in [-0.05, 0) is 74.8 Å². The molecule has 0 fully saturated rings. The summed E-state index contributed by atoms with van der Waals surface area (Å²) in [6.07, 6.45) is 12.0. The van der Waals surface area contributed by atoms with E-state index in [1.165, 1.54) is 9.87 Å². The van der Waals surface area contributed by atoms with Crippen LogP contribution in [0.4, 0.5) is 11.4 Å². The van der Waals surface area contributed by atoms with Crippen LogP contribution in [0, 0.1) is 0 Å². The van der Waals surface area contributed by atoms with Crippen LogP contribution in [0.1, 0.15) is 91.2 Å². The predicted octanol–water partition coefficient (Wildman–Crippen LogP) is 6.43. The number of para-hydroxylation sites is 2. The minimum Gasteiger partial charge on any atom is -0.748 e. The van der Waals surface area contributed by atoms with Crippen LogP contribution in [-0.2, 0) is 40.5 Å². The van der Waals surface area contributed by atoms with Gasteiger partial charge in [0.05, 0.1) is 21.2 Å². The molecule has 15 heteroatoms. The van der Waals surface area contributed by atoms with Gasteiger partial charge in [0, 0.05) is 84.1 Å². The van der Waals surface area contributed by atoms with Gasteiger partial charge >= 0.3 is 10.2 Å². The van der Waals surface area contributed by atoms with Gasteiger partial charge in [0.2, 0.25) is 5.69 Å². The zero-order valence-corrected chi connectivity index (χ0v) is 35.7. The van der Waals surface area contributed by atoms with E-state index in [0.717, 1.165) is 70.9 Å². The Hall–Kier alpha value is -3.28. The van der Waals surface area contributed by atoms with Gasteiger partial charge in [-0.1, -0.05) is 76.2 Å². The van der Waals surface area contributed by atoms with Crippen molar-refractivity contribution in [1.82, 2.24) is 9.03 Å². The summed E-state index contributed by atoms with van der Waals surface area (Å²) >= 11 is 0.991. The number of nitrogens with one attached hydrogen (secondary N) is 1. The lowest BCUT2D eigenvalue weighted by Gasteiger charge is -2.27. The zero-order chi connectivity index (χ0) is 40.7. The van der Waals surface area contributed by atoms with Crippen molar-refractivity contribution >= 4 is 49.5 Å². The van der Waals surface area contributed by atoms with Crippen molar-refractivity contribution in [2.45, 2.75) is 90.9 Å². The van der Waals surface area contributed by atoms with E-state index in [2.05, 4.69) is 99.8 Å². The molecule has 2 aliphatic heterocycles. The highest BCUT2D eigenvalue weighted by Gasteiger charge is 2.44. The molecule has 2 aromatic carbocycles. The Morgan fingerprint density at radius 3 is 2.29 bits per heavy atom. The highest BCUT2D eigenvalue weighted by atomic mass is 32.2. The zero-order valence-electron chi connectivity index (χ0n) is 33.2. The van der Waals surface area contributed by atoms with Crippen molar-refractivity contribution in [3.05, 3.63) is 107 Å². The standard InChI is InChI=1S/C41H56N4O8S3/c1-7-43(8-2)56(50,51)42-39-31(23-25-37-40(3,4)33-17-9-11-19-35(33)44(37)27-13-15-29-54-53-52-46)21-22-32(39)24-26-38-41(5,6)34-18-10-12-20-36(34)45(38)28-14-16-30-55(47,48)49/h9-12,17-20,23-26H,7-8,13-16,21-22,27-30H2,1-6H3,(H2,46,47,48,49)/p-1/b31-23+,37-25+. The van der Waals surface area contributed by atoms with E-state index < -0.39 is 26.1 Å². The van der Waals surface area contributed by atoms with E-state index in [0.29, 0.717) is 50.3 Å². The van der Waals surface area contributed by atoms with E-state index in [-0.39, 0.29) is 17.3 Å². The predicted molar refractivity (Wildman–Crippen MR) is 220 cm³/mol. The molecule has 3 aliphatic rings. The first-order valence-electron chi connectivity index (χ1n) is 19.3. The lowest BCUT2D eigenvalue weighted by molar-refractivity contribution is -0.777. The minimum absolute atomic E-state index is 0.263. The third kappa shape index (κ3) is 9.87. The third-order valence-electron chi connectivity index (χ3n) is 11.0. The fourth-order valence-electron chi connectivity index (χ4n) is 8.10. The Morgan fingerprint density at radius 2 is 1.59 bits per heavy atom. The van der Waals surface area contributed by atoms with Gasteiger partial charge in [0.25, 0.3) is 0 Å². The maximum atomic E-state index is 13.8. The fourth-order valence-corrected chi connectivity index (χ4v) is 10.4. The highest BCUT2D eigenvalue weighted by molar-refractivity contribution is 7.94. The second kappa shape index (κ2) is 18.5. The fraction of sp³-hybridized carbons (Fsp3) is 0.488. The molecule has 5 rings (SSSR count). The van der Waals surface area contributed by atoms with Crippen LogP contribution in [0.15, 0.2) is 95.4 Å². The molecule has 0 spiro atoms. The quantitative estimate of drug-likeness (QED) is 0.0395. The number of hydrogen-bond donors (Lipinski definition) is 1. The highest BCUT2D eigenvalue weighted by Crippen LogP contribution is 2.48. The lowest BCUT2D eigenvalue weighted by Crippen LogP contribution is -2.40. The number of benzene rings is 2. The second-order valence-corrected chi connectivity index (χ2v) is 19.2. The summed E-state index contributed by atoms with van der Waals surface area (Å²) in [5.41, 5.74) is 8.27. The van der Waals surface area contributed by atoms with Crippen LogP contribution in [0.25, 0.3) is 0 Å². The number of unbranched alkanes of at least 4 members (excludes halogenated alkanes) is 2. The van der Waals surface area contributed by atoms with Crippen LogP contribution in [0.2, 0.25) is 0 Å². The monoisotopic (exact) mass is 827 g/mol. The molecule has 2 aromatic rings. The first kappa shape index (κ1) is 43.8. The number of nitrogens with zero attached hydrogens (tertiary/aromatic N) is 3. The van der Waals surface area contributed by atoms with Gasteiger partial charge < -0.3 is 14.7 Å². The Labute approximate surface area is 337 Å². The van der Waals surface area contributed by atoms with Crippen molar-refractivity contribution in [1.29, 1.82) is 0 Å². The normalized spacial score (nSPS) is 19.3. The SMILES string of the molecule is CCN(CC)S(=O)(=O)NC1=C(/C=C/C2=[N+](CCCCS(=O)(=O)[O-])c3ccccc3C2(C)C)CC/C1=C\C=C1\N(CCCCSOO[O-])c2ccccc2C1(C)C. The summed E-state index contributed by atoms with van der Waals surface area (Å²) in [5.74, 6) is 0.216. The van der Waals surface area contributed by atoms with Gasteiger partial charge in [0.1, 0.15) is 6.54 Å². The Kier molecular flexibility index (Phi) is 14.5. The van der Waals surface area contributed by atoms with Crippen LogP contribution in [0.5, 0.6) is 0 Å². The molecule has 0 aromatic heterocycles. The molecule has 0 radical (unpaired) electrons. The van der Waals surface area contributed by atoms with Gasteiger partial charge in [-0.15, -0.1) is 0 Å². The van der Waals surface area contributed by atoms with Gasteiger partial charge in [-0.25, -0.2) is 8.42 Å². The smallest absolute Gasteiger partial charge is 0.301 e. The maximum Gasteiger partial charge on any atom is 0.301 e.